The van der Waals surface area contributed by atoms with Gasteiger partial charge in [-0.05, 0) is 31.3 Å². The molecular weight excluding hydrogens is 270 g/mol. The minimum absolute atomic E-state index is 0.00207. The van der Waals surface area contributed by atoms with Crippen molar-refractivity contribution >= 4 is 17.5 Å². The molecule has 116 valence electrons. The summed E-state index contributed by atoms with van der Waals surface area (Å²) in [5.41, 5.74) is 0.703. The van der Waals surface area contributed by atoms with E-state index in [-0.39, 0.29) is 24.3 Å². The summed E-state index contributed by atoms with van der Waals surface area (Å²) in [7, 11) is 5.16. The van der Waals surface area contributed by atoms with E-state index in [1.54, 1.807) is 38.4 Å². The highest BCUT2D eigenvalue weighted by atomic mass is 16.5. The lowest BCUT2D eigenvalue weighted by Crippen LogP contribution is -2.28. The number of carbonyl (C=O) groups is 2. The van der Waals surface area contributed by atoms with Gasteiger partial charge in [0.2, 0.25) is 5.91 Å². The molecule has 0 radical (unpaired) electrons. The quantitative estimate of drug-likeness (QED) is 0.785. The summed E-state index contributed by atoms with van der Waals surface area (Å²) < 4.78 is 5.36. The molecule has 2 N–H and O–H groups in total. The Bertz CT molecular complexity index is 472. The average molecular weight is 293 g/mol. The molecule has 0 bridgehead atoms. The Labute approximate surface area is 125 Å². The van der Waals surface area contributed by atoms with Crippen molar-refractivity contribution in [3.05, 3.63) is 24.3 Å². The van der Waals surface area contributed by atoms with Gasteiger partial charge in [0.25, 0.3) is 5.91 Å². The first-order valence-electron chi connectivity index (χ1n) is 6.82. The molecule has 0 fully saturated rings. The summed E-state index contributed by atoms with van der Waals surface area (Å²) in [5.74, 6) is 0.337. The summed E-state index contributed by atoms with van der Waals surface area (Å²) >= 11 is 0. The molecule has 21 heavy (non-hydrogen) atoms. The second-order valence-electron chi connectivity index (χ2n) is 5.05. The number of rotatable bonds is 7. The molecule has 2 amide bonds. The third kappa shape index (κ3) is 5.83. The Hall–Kier alpha value is -2.08. The molecule has 6 nitrogen and oxygen atoms in total. The lowest BCUT2D eigenvalue weighted by molar-refractivity contribution is -0.130. The SMILES string of the molecule is CNCC(C)C(=O)Nc1ccc(OCC(=O)N(C)C)cc1. The molecule has 0 aliphatic rings. The standard InChI is InChI=1S/C15H23N3O3/c1-11(9-16-2)15(20)17-12-5-7-13(8-6-12)21-10-14(19)18(3)4/h5-8,11,16H,9-10H2,1-4H3,(H,17,20). The fraction of sp³-hybridized carbons (Fsp3) is 0.467. The number of likely N-dealkylation sites (N-methyl/N-ethyl adjacent to an activating group) is 1. The van der Waals surface area contributed by atoms with Gasteiger partial charge in [0.1, 0.15) is 5.75 Å². The summed E-state index contributed by atoms with van der Waals surface area (Å²) in [6, 6.07) is 6.95. The van der Waals surface area contributed by atoms with E-state index in [9.17, 15) is 9.59 Å². The van der Waals surface area contributed by atoms with Gasteiger partial charge >= 0.3 is 0 Å². The van der Waals surface area contributed by atoms with E-state index in [0.29, 0.717) is 18.0 Å². The number of carbonyl (C=O) groups excluding carboxylic acids is 2. The highest BCUT2D eigenvalue weighted by molar-refractivity contribution is 5.92. The lowest BCUT2D eigenvalue weighted by atomic mass is 10.1. The fourth-order valence-electron chi connectivity index (χ4n) is 1.57. The van der Waals surface area contributed by atoms with Crippen LogP contribution in [0.15, 0.2) is 24.3 Å². The minimum Gasteiger partial charge on any atom is -0.484 e. The number of ether oxygens (including phenoxy) is 1. The van der Waals surface area contributed by atoms with Crippen LogP contribution in [0.4, 0.5) is 5.69 Å². The second-order valence-corrected chi connectivity index (χ2v) is 5.05. The zero-order valence-electron chi connectivity index (χ0n) is 13.0. The first kappa shape index (κ1) is 17.0. The first-order valence-corrected chi connectivity index (χ1v) is 6.82. The van der Waals surface area contributed by atoms with E-state index >= 15 is 0 Å². The fourth-order valence-corrected chi connectivity index (χ4v) is 1.57. The van der Waals surface area contributed by atoms with Gasteiger partial charge in [-0.25, -0.2) is 0 Å². The van der Waals surface area contributed by atoms with Crippen molar-refractivity contribution in [3.8, 4) is 5.75 Å². The highest BCUT2D eigenvalue weighted by Crippen LogP contribution is 2.16. The van der Waals surface area contributed by atoms with Crippen molar-refractivity contribution in [2.24, 2.45) is 5.92 Å². The summed E-state index contributed by atoms with van der Waals surface area (Å²) in [6.07, 6.45) is 0. The molecule has 1 aromatic rings. The smallest absolute Gasteiger partial charge is 0.259 e. The van der Waals surface area contributed by atoms with E-state index in [2.05, 4.69) is 10.6 Å². The zero-order valence-corrected chi connectivity index (χ0v) is 13.0. The van der Waals surface area contributed by atoms with Gasteiger partial charge in [0, 0.05) is 32.2 Å². The molecule has 6 heteroatoms. The van der Waals surface area contributed by atoms with Crippen LogP contribution in [0.2, 0.25) is 0 Å². The Morgan fingerprint density at radius 1 is 1.24 bits per heavy atom. The number of benzene rings is 1. The topological polar surface area (TPSA) is 70.7 Å². The van der Waals surface area contributed by atoms with Crippen molar-refractivity contribution in [2.75, 3.05) is 39.6 Å². The van der Waals surface area contributed by atoms with Crippen LogP contribution >= 0.6 is 0 Å². The molecule has 0 saturated carbocycles. The number of hydrogen-bond donors (Lipinski definition) is 2. The van der Waals surface area contributed by atoms with Crippen LogP contribution in [-0.4, -0.2) is 51.0 Å². The molecule has 1 rings (SSSR count). The maximum absolute atomic E-state index is 11.8. The number of anilines is 1. The van der Waals surface area contributed by atoms with Crippen molar-refractivity contribution in [1.82, 2.24) is 10.2 Å². The number of nitrogens with zero attached hydrogens (tertiary/aromatic N) is 1. The summed E-state index contributed by atoms with van der Waals surface area (Å²) in [6.45, 7) is 2.48. The monoisotopic (exact) mass is 293 g/mol. The van der Waals surface area contributed by atoms with Crippen LogP contribution in [0.1, 0.15) is 6.92 Å². The normalized spacial score (nSPS) is 11.6. The largest absolute Gasteiger partial charge is 0.484 e. The molecule has 0 saturated heterocycles. The van der Waals surface area contributed by atoms with Crippen LogP contribution in [-0.2, 0) is 9.59 Å². The van der Waals surface area contributed by atoms with E-state index in [1.807, 2.05) is 14.0 Å². The van der Waals surface area contributed by atoms with E-state index in [1.165, 1.54) is 4.90 Å². The van der Waals surface area contributed by atoms with E-state index < -0.39 is 0 Å². The molecule has 1 aromatic carbocycles. The molecule has 0 aromatic heterocycles. The van der Waals surface area contributed by atoms with Crippen LogP contribution in [0.5, 0.6) is 5.75 Å². The van der Waals surface area contributed by atoms with Crippen LogP contribution in [0, 0.1) is 5.92 Å². The molecule has 0 spiro atoms. The van der Waals surface area contributed by atoms with Crippen LogP contribution in [0.3, 0.4) is 0 Å². The predicted molar refractivity (Wildman–Crippen MR) is 82.4 cm³/mol. The lowest BCUT2D eigenvalue weighted by Gasteiger charge is -2.13. The van der Waals surface area contributed by atoms with Crippen molar-refractivity contribution < 1.29 is 14.3 Å². The molecule has 0 aliphatic heterocycles. The highest BCUT2D eigenvalue weighted by Gasteiger charge is 2.11. The third-order valence-corrected chi connectivity index (χ3v) is 2.94. The van der Waals surface area contributed by atoms with E-state index in [4.69, 9.17) is 4.74 Å². The molecular formula is C15H23N3O3. The third-order valence-electron chi connectivity index (χ3n) is 2.94. The van der Waals surface area contributed by atoms with Gasteiger partial charge in [-0.2, -0.15) is 0 Å². The van der Waals surface area contributed by atoms with Gasteiger partial charge < -0.3 is 20.3 Å². The van der Waals surface area contributed by atoms with Gasteiger partial charge in [0.15, 0.2) is 6.61 Å². The number of hydrogen-bond acceptors (Lipinski definition) is 4. The summed E-state index contributed by atoms with van der Waals surface area (Å²) in [5, 5.41) is 5.79. The Balaban J connectivity index is 2.50. The predicted octanol–water partition coefficient (Wildman–Crippen LogP) is 0.948. The first-order chi connectivity index (χ1) is 9.93. The van der Waals surface area contributed by atoms with Crippen LogP contribution in [0.25, 0.3) is 0 Å². The Morgan fingerprint density at radius 3 is 2.38 bits per heavy atom. The maximum Gasteiger partial charge on any atom is 0.259 e. The van der Waals surface area contributed by atoms with Gasteiger partial charge in [-0.1, -0.05) is 6.92 Å². The molecule has 0 aliphatic carbocycles. The van der Waals surface area contributed by atoms with Crippen molar-refractivity contribution in [3.63, 3.8) is 0 Å². The number of amides is 2. The van der Waals surface area contributed by atoms with Gasteiger partial charge in [0.05, 0.1) is 0 Å². The second kappa shape index (κ2) is 8.26. The van der Waals surface area contributed by atoms with Crippen LogP contribution < -0.4 is 15.4 Å². The molecule has 1 atom stereocenters. The minimum atomic E-state index is -0.108. The van der Waals surface area contributed by atoms with E-state index in [0.717, 1.165) is 0 Å². The average Bonchev–Trinajstić information content (AvgIpc) is 2.46. The summed E-state index contributed by atoms with van der Waals surface area (Å²) in [4.78, 5) is 24.7. The van der Waals surface area contributed by atoms with Crippen molar-refractivity contribution in [2.45, 2.75) is 6.92 Å². The molecule has 0 heterocycles. The van der Waals surface area contributed by atoms with Gasteiger partial charge in [-0.3, -0.25) is 9.59 Å². The van der Waals surface area contributed by atoms with Gasteiger partial charge in [-0.15, -0.1) is 0 Å². The Kier molecular flexibility index (Phi) is 6.68. The Morgan fingerprint density at radius 2 is 1.86 bits per heavy atom. The van der Waals surface area contributed by atoms with Crippen molar-refractivity contribution in [1.29, 1.82) is 0 Å². The number of nitrogens with one attached hydrogen (secondary N) is 2. The zero-order chi connectivity index (χ0) is 15.8. The molecule has 1 unspecified atom stereocenters. The maximum atomic E-state index is 11.8.